The van der Waals surface area contributed by atoms with Gasteiger partial charge in [-0.3, -0.25) is 0 Å². The van der Waals surface area contributed by atoms with Crippen LogP contribution in [0.1, 0.15) is 17.2 Å². The van der Waals surface area contributed by atoms with Crippen molar-refractivity contribution in [1.29, 1.82) is 0 Å². The standard InChI is InChI=1S/C12H14F5NO/c1-7-6-8(19-3)4-5-9(7)10(18-2)11(13,14)12(15,16)17/h4-6,10,18H,1-3H3. The van der Waals surface area contributed by atoms with E-state index in [1.165, 1.54) is 32.2 Å². The zero-order chi connectivity index (χ0) is 14.8. The monoisotopic (exact) mass is 283 g/mol. The molecule has 1 atom stereocenters. The van der Waals surface area contributed by atoms with Crippen LogP contribution in [0.5, 0.6) is 5.75 Å². The summed E-state index contributed by atoms with van der Waals surface area (Å²) in [6.45, 7) is 1.45. The van der Waals surface area contributed by atoms with Crippen LogP contribution in [0.25, 0.3) is 0 Å². The Hall–Kier alpha value is -1.37. The van der Waals surface area contributed by atoms with Crippen LogP contribution in [-0.2, 0) is 0 Å². The minimum absolute atomic E-state index is 0.120. The second-order valence-electron chi connectivity index (χ2n) is 4.06. The van der Waals surface area contributed by atoms with E-state index in [1.54, 1.807) is 0 Å². The molecule has 0 radical (unpaired) electrons. The first-order valence-corrected chi connectivity index (χ1v) is 5.41. The van der Waals surface area contributed by atoms with Gasteiger partial charge in [-0.15, -0.1) is 0 Å². The molecule has 1 unspecified atom stereocenters. The van der Waals surface area contributed by atoms with Crippen LogP contribution in [0.15, 0.2) is 18.2 Å². The van der Waals surface area contributed by atoms with Gasteiger partial charge in [-0.25, -0.2) is 0 Å². The molecule has 1 aromatic rings. The zero-order valence-electron chi connectivity index (χ0n) is 10.6. The van der Waals surface area contributed by atoms with Gasteiger partial charge in [0.15, 0.2) is 0 Å². The lowest BCUT2D eigenvalue weighted by Gasteiger charge is -2.29. The van der Waals surface area contributed by atoms with Crippen LogP contribution in [0, 0.1) is 6.92 Å². The maximum Gasteiger partial charge on any atom is 0.455 e. The first kappa shape index (κ1) is 15.7. The van der Waals surface area contributed by atoms with E-state index < -0.39 is 18.1 Å². The summed E-state index contributed by atoms with van der Waals surface area (Å²) >= 11 is 0. The molecule has 2 nitrogen and oxygen atoms in total. The molecule has 1 rings (SSSR count). The topological polar surface area (TPSA) is 21.3 Å². The van der Waals surface area contributed by atoms with Crippen molar-refractivity contribution in [2.75, 3.05) is 14.2 Å². The Morgan fingerprint density at radius 2 is 1.74 bits per heavy atom. The van der Waals surface area contributed by atoms with Gasteiger partial charge in [0.25, 0.3) is 0 Å². The minimum Gasteiger partial charge on any atom is -0.497 e. The molecular weight excluding hydrogens is 269 g/mol. The van der Waals surface area contributed by atoms with Crippen LogP contribution in [0.4, 0.5) is 22.0 Å². The highest BCUT2D eigenvalue weighted by atomic mass is 19.4. The Morgan fingerprint density at radius 1 is 1.16 bits per heavy atom. The van der Waals surface area contributed by atoms with E-state index in [0.717, 1.165) is 7.05 Å². The van der Waals surface area contributed by atoms with Crippen molar-refractivity contribution < 1.29 is 26.7 Å². The number of aryl methyl sites for hydroxylation is 1. The summed E-state index contributed by atoms with van der Waals surface area (Å²) in [5.41, 5.74) is 0.174. The molecule has 7 heteroatoms. The number of alkyl halides is 5. The van der Waals surface area contributed by atoms with Crippen molar-refractivity contribution in [3.05, 3.63) is 29.3 Å². The molecule has 0 amide bonds. The maximum atomic E-state index is 13.4. The third kappa shape index (κ3) is 2.97. The van der Waals surface area contributed by atoms with Gasteiger partial charge in [0.05, 0.1) is 7.11 Å². The predicted octanol–water partition coefficient (Wildman–Crippen LogP) is 3.46. The van der Waals surface area contributed by atoms with Crippen LogP contribution in [0.2, 0.25) is 0 Å². The maximum absolute atomic E-state index is 13.4. The number of halogens is 5. The summed E-state index contributed by atoms with van der Waals surface area (Å²) in [4.78, 5) is 0. The normalized spacial score (nSPS) is 14.3. The molecule has 19 heavy (non-hydrogen) atoms. The molecule has 0 aromatic heterocycles. The second kappa shape index (κ2) is 5.32. The summed E-state index contributed by atoms with van der Waals surface area (Å²) < 4.78 is 69.0. The number of nitrogens with one attached hydrogen (secondary N) is 1. The number of benzene rings is 1. The highest BCUT2D eigenvalue weighted by molar-refractivity contribution is 5.37. The summed E-state index contributed by atoms with van der Waals surface area (Å²) in [7, 11) is 2.45. The molecule has 0 spiro atoms. The van der Waals surface area contributed by atoms with Crippen molar-refractivity contribution >= 4 is 0 Å². The number of rotatable bonds is 4. The third-order valence-electron chi connectivity index (χ3n) is 2.82. The summed E-state index contributed by atoms with van der Waals surface area (Å²) in [5, 5.41) is 2.03. The van der Waals surface area contributed by atoms with Crippen LogP contribution in [0.3, 0.4) is 0 Å². The van der Waals surface area contributed by atoms with Gasteiger partial charge in [0.2, 0.25) is 0 Å². The molecule has 1 aromatic carbocycles. The quantitative estimate of drug-likeness (QED) is 0.854. The van der Waals surface area contributed by atoms with Crippen LogP contribution >= 0.6 is 0 Å². The smallest absolute Gasteiger partial charge is 0.455 e. The van der Waals surface area contributed by atoms with E-state index in [9.17, 15) is 22.0 Å². The number of hydrogen-bond acceptors (Lipinski definition) is 2. The van der Waals surface area contributed by atoms with Crippen molar-refractivity contribution in [2.24, 2.45) is 0 Å². The van der Waals surface area contributed by atoms with Crippen molar-refractivity contribution in [3.63, 3.8) is 0 Å². The van der Waals surface area contributed by atoms with Gasteiger partial charge in [-0.2, -0.15) is 22.0 Å². The molecule has 0 aliphatic rings. The molecule has 108 valence electrons. The van der Waals surface area contributed by atoms with Gasteiger partial charge in [0.1, 0.15) is 11.8 Å². The average molecular weight is 283 g/mol. The molecule has 0 saturated carbocycles. The predicted molar refractivity (Wildman–Crippen MR) is 60.5 cm³/mol. The highest BCUT2D eigenvalue weighted by Gasteiger charge is 2.62. The zero-order valence-corrected chi connectivity index (χ0v) is 10.6. The fourth-order valence-corrected chi connectivity index (χ4v) is 1.79. The van der Waals surface area contributed by atoms with E-state index in [-0.39, 0.29) is 5.56 Å². The van der Waals surface area contributed by atoms with E-state index >= 15 is 0 Å². The SMILES string of the molecule is CNC(c1ccc(OC)cc1C)C(F)(F)C(F)(F)F. The molecule has 0 aliphatic carbocycles. The number of ether oxygens (including phenoxy) is 1. The van der Waals surface area contributed by atoms with Gasteiger partial charge >= 0.3 is 12.1 Å². The summed E-state index contributed by atoms with van der Waals surface area (Å²) in [6, 6.07) is 1.82. The van der Waals surface area contributed by atoms with Gasteiger partial charge in [-0.1, -0.05) is 6.07 Å². The Kier molecular flexibility index (Phi) is 4.39. The molecule has 0 saturated heterocycles. The summed E-state index contributed by atoms with van der Waals surface area (Å²) in [5.74, 6) is -4.47. The second-order valence-corrected chi connectivity index (χ2v) is 4.06. The van der Waals surface area contributed by atoms with E-state index in [4.69, 9.17) is 4.74 Å². The molecule has 1 N–H and O–H groups in total. The van der Waals surface area contributed by atoms with Crippen LogP contribution in [-0.4, -0.2) is 26.3 Å². The lowest BCUT2D eigenvalue weighted by molar-refractivity contribution is -0.294. The third-order valence-corrected chi connectivity index (χ3v) is 2.82. The molecule has 0 aliphatic heterocycles. The van der Waals surface area contributed by atoms with Gasteiger partial charge in [0, 0.05) is 0 Å². The van der Waals surface area contributed by atoms with E-state index in [2.05, 4.69) is 0 Å². The highest BCUT2D eigenvalue weighted by Crippen LogP contribution is 2.45. The Labute approximate surface area is 107 Å². The first-order valence-electron chi connectivity index (χ1n) is 5.41. The molecule has 0 fully saturated rings. The lowest BCUT2D eigenvalue weighted by Crippen LogP contribution is -2.47. The van der Waals surface area contributed by atoms with Crippen molar-refractivity contribution in [2.45, 2.75) is 25.1 Å². The largest absolute Gasteiger partial charge is 0.497 e. The van der Waals surface area contributed by atoms with Crippen LogP contribution < -0.4 is 10.1 Å². The fraction of sp³-hybridized carbons (Fsp3) is 0.500. The molecular formula is C12H14F5NO. The van der Waals surface area contributed by atoms with E-state index in [0.29, 0.717) is 11.3 Å². The first-order chi connectivity index (χ1) is 8.65. The Bertz CT molecular complexity index is 444. The Morgan fingerprint density at radius 3 is 2.11 bits per heavy atom. The fourth-order valence-electron chi connectivity index (χ4n) is 1.79. The van der Waals surface area contributed by atoms with Crippen molar-refractivity contribution in [1.82, 2.24) is 5.32 Å². The average Bonchev–Trinajstić information content (AvgIpc) is 2.30. The Balaban J connectivity index is 3.25. The van der Waals surface area contributed by atoms with Gasteiger partial charge in [-0.05, 0) is 37.2 Å². The minimum atomic E-state index is -5.62. The summed E-state index contributed by atoms with van der Waals surface area (Å²) in [6.07, 6.45) is -5.62. The van der Waals surface area contributed by atoms with Gasteiger partial charge < -0.3 is 10.1 Å². The van der Waals surface area contributed by atoms with Crippen molar-refractivity contribution in [3.8, 4) is 5.75 Å². The number of hydrogen-bond donors (Lipinski definition) is 1. The number of methoxy groups -OCH3 is 1. The molecule has 0 bridgehead atoms. The lowest BCUT2D eigenvalue weighted by atomic mass is 9.95. The van der Waals surface area contributed by atoms with E-state index in [1.807, 2.05) is 5.32 Å². The molecule has 0 heterocycles.